The van der Waals surface area contributed by atoms with Gasteiger partial charge < -0.3 is 14.2 Å². The van der Waals surface area contributed by atoms with Crippen molar-refractivity contribution in [3.63, 3.8) is 0 Å². The SMILES string of the molecule is O=C(Cc1ccsc1)OCc1cc(F)cc2c1OC(c1ccccc1)OC2. The van der Waals surface area contributed by atoms with Gasteiger partial charge in [0.05, 0.1) is 13.0 Å². The third-order valence-corrected chi connectivity index (χ3v) is 4.94. The summed E-state index contributed by atoms with van der Waals surface area (Å²) >= 11 is 1.52. The Balaban J connectivity index is 1.50. The van der Waals surface area contributed by atoms with Crippen LogP contribution in [0.25, 0.3) is 0 Å². The van der Waals surface area contributed by atoms with Gasteiger partial charge in [0.1, 0.15) is 18.2 Å². The number of rotatable bonds is 5. The molecule has 1 aliphatic rings. The summed E-state index contributed by atoms with van der Waals surface area (Å²) in [5.41, 5.74) is 2.87. The normalized spacial score (nSPS) is 15.7. The van der Waals surface area contributed by atoms with Crippen LogP contribution in [-0.4, -0.2) is 5.97 Å². The number of halogens is 1. The molecule has 0 fully saturated rings. The van der Waals surface area contributed by atoms with E-state index in [4.69, 9.17) is 14.2 Å². The number of thiophene rings is 1. The predicted octanol–water partition coefficient (Wildman–Crippen LogP) is 4.78. The van der Waals surface area contributed by atoms with Crippen LogP contribution in [0.2, 0.25) is 0 Å². The lowest BCUT2D eigenvalue weighted by Crippen LogP contribution is -2.20. The van der Waals surface area contributed by atoms with E-state index in [9.17, 15) is 9.18 Å². The molecular formula is C21H17FO4S. The van der Waals surface area contributed by atoms with E-state index in [1.165, 1.54) is 23.5 Å². The Morgan fingerprint density at radius 3 is 2.85 bits per heavy atom. The maximum atomic E-state index is 14.0. The van der Waals surface area contributed by atoms with Gasteiger partial charge in [-0.1, -0.05) is 30.3 Å². The molecule has 27 heavy (non-hydrogen) atoms. The summed E-state index contributed by atoms with van der Waals surface area (Å²) in [5, 5.41) is 3.80. The minimum atomic E-state index is -0.579. The van der Waals surface area contributed by atoms with Crippen LogP contribution in [0.5, 0.6) is 5.75 Å². The fourth-order valence-electron chi connectivity index (χ4n) is 2.93. The van der Waals surface area contributed by atoms with Crippen LogP contribution in [0.3, 0.4) is 0 Å². The first kappa shape index (κ1) is 17.7. The van der Waals surface area contributed by atoms with Gasteiger partial charge in [0.15, 0.2) is 0 Å². The number of fused-ring (bicyclic) bond motifs is 1. The number of carbonyl (C=O) groups is 1. The van der Waals surface area contributed by atoms with E-state index >= 15 is 0 Å². The second-order valence-corrected chi connectivity index (χ2v) is 6.97. The largest absolute Gasteiger partial charge is 0.460 e. The van der Waals surface area contributed by atoms with E-state index in [0.29, 0.717) is 16.9 Å². The van der Waals surface area contributed by atoms with E-state index in [-0.39, 0.29) is 25.6 Å². The summed E-state index contributed by atoms with van der Waals surface area (Å²) in [5.74, 6) is -0.263. The molecule has 4 rings (SSSR count). The summed E-state index contributed by atoms with van der Waals surface area (Å²) in [6.45, 7) is 0.174. The molecule has 0 saturated heterocycles. The van der Waals surface area contributed by atoms with Crippen molar-refractivity contribution in [2.75, 3.05) is 0 Å². The van der Waals surface area contributed by atoms with Crippen molar-refractivity contribution in [3.8, 4) is 5.75 Å². The van der Waals surface area contributed by atoms with Gasteiger partial charge in [-0.05, 0) is 34.5 Å². The maximum absolute atomic E-state index is 14.0. The Morgan fingerprint density at radius 2 is 2.07 bits per heavy atom. The number of esters is 1. The summed E-state index contributed by atoms with van der Waals surface area (Å²) in [4.78, 5) is 12.0. The van der Waals surface area contributed by atoms with Crippen molar-refractivity contribution in [1.29, 1.82) is 0 Å². The Hall–Kier alpha value is -2.70. The molecule has 0 aliphatic carbocycles. The van der Waals surface area contributed by atoms with E-state index < -0.39 is 12.1 Å². The van der Waals surface area contributed by atoms with Crippen LogP contribution >= 0.6 is 11.3 Å². The van der Waals surface area contributed by atoms with Crippen molar-refractivity contribution in [2.24, 2.45) is 0 Å². The first-order valence-corrected chi connectivity index (χ1v) is 9.44. The van der Waals surface area contributed by atoms with E-state index in [1.54, 1.807) is 0 Å². The van der Waals surface area contributed by atoms with Gasteiger partial charge in [-0.15, -0.1) is 0 Å². The van der Waals surface area contributed by atoms with Crippen molar-refractivity contribution in [3.05, 3.63) is 87.4 Å². The fraction of sp³-hybridized carbons (Fsp3) is 0.190. The van der Waals surface area contributed by atoms with Gasteiger partial charge >= 0.3 is 5.97 Å². The second kappa shape index (κ2) is 7.90. The Morgan fingerprint density at radius 1 is 1.22 bits per heavy atom. The van der Waals surface area contributed by atoms with E-state index in [2.05, 4.69) is 0 Å². The minimum Gasteiger partial charge on any atom is -0.460 e. The van der Waals surface area contributed by atoms with E-state index in [0.717, 1.165) is 11.1 Å². The number of hydrogen-bond acceptors (Lipinski definition) is 5. The van der Waals surface area contributed by atoms with Crippen LogP contribution in [0.1, 0.15) is 28.5 Å². The molecule has 1 aliphatic heterocycles. The second-order valence-electron chi connectivity index (χ2n) is 6.19. The fourth-order valence-corrected chi connectivity index (χ4v) is 3.60. The third-order valence-electron chi connectivity index (χ3n) is 4.21. The highest BCUT2D eigenvalue weighted by atomic mass is 32.1. The zero-order valence-corrected chi connectivity index (χ0v) is 15.2. The standard InChI is InChI=1S/C21H17FO4S/c22-18-9-16(11-24-19(23)8-14-6-7-27-13-14)20-17(10-18)12-25-21(26-20)15-4-2-1-3-5-15/h1-7,9-10,13,21H,8,11-12H2. The molecule has 1 unspecified atom stereocenters. The molecule has 0 bridgehead atoms. The quantitative estimate of drug-likeness (QED) is 0.594. The molecule has 0 amide bonds. The lowest BCUT2D eigenvalue weighted by molar-refractivity contribution is -0.144. The summed E-state index contributed by atoms with van der Waals surface area (Å²) in [6, 6.07) is 14.1. The van der Waals surface area contributed by atoms with Crippen molar-refractivity contribution in [2.45, 2.75) is 25.9 Å². The Kier molecular flexibility index (Phi) is 5.18. The van der Waals surface area contributed by atoms with E-state index in [1.807, 2.05) is 47.2 Å². The molecule has 6 heteroatoms. The molecule has 0 N–H and O–H groups in total. The molecule has 4 nitrogen and oxygen atoms in total. The molecule has 1 aromatic heterocycles. The van der Waals surface area contributed by atoms with Crippen LogP contribution in [0.15, 0.2) is 59.3 Å². The maximum Gasteiger partial charge on any atom is 0.310 e. The zero-order chi connectivity index (χ0) is 18.6. The van der Waals surface area contributed by atoms with Crippen LogP contribution in [-0.2, 0) is 33.9 Å². The van der Waals surface area contributed by atoms with Crippen molar-refractivity contribution < 1.29 is 23.4 Å². The topological polar surface area (TPSA) is 44.8 Å². The van der Waals surface area contributed by atoms with Crippen LogP contribution in [0, 0.1) is 5.82 Å². The summed E-state index contributed by atoms with van der Waals surface area (Å²) in [6.07, 6.45) is -0.387. The van der Waals surface area contributed by atoms with Crippen LogP contribution < -0.4 is 4.74 Å². The highest BCUT2D eigenvalue weighted by Crippen LogP contribution is 2.36. The highest BCUT2D eigenvalue weighted by molar-refractivity contribution is 7.07. The zero-order valence-electron chi connectivity index (χ0n) is 14.4. The molecule has 138 valence electrons. The number of benzene rings is 2. The first-order chi connectivity index (χ1) is 13.2. The molecule has 1 atom stereocenters. The molecule has 2 aromatic carbocycles. The third kappa shape index (κ3) is 4.18. The summed E-state index contributed by atoms with van der Waals surface area (Å²) < 4.78 is 31.0. The number of ether oxygens (including phenoxy) is 3. The number of carbonyl (C=O) groups excluding carboxylic acids is 1. The van der Waals surface area contributed by atoms with Gasteiger partial charge in [-0.3, -0.25) is 4.79 Å². The molecule has 0 saturated carbocycles. The lowest BCUT2D eigenvalue weighted by Gasteiger charge is -2.28. The monoisotopic (exact) mass is 384 g/mol. The van der Waals surface area contributed by atoms with Crippen molar-refractivity contribution >= 4 is 17.3 Å². The highest BCUT2D eigenvalue weighted by Gasteiger charge is 2.25. The first-order valence-electron chi connectivity index (χ1n) is 8.50. The van der Waals surface area contributed by atoms with Crippen LogP contribution in [0.4, 0.5) is 4.39 Å². The Labute approximate surface area is 160 Å². The molecule has 0 radical (unpaired) electrons. The predicted molar refractivity (Wildman–Crippen MR) is 98.8 cm³/mol. The average Bonchev–Trinajstić information content (AvgIpc) is 3.19. The van der Waals surface area contributed by atoms with Gasteiger partial charge in [-0.25, -0.2) is 4.39 Å². The lowest BCUT2D eigenvalue weighted by atomic mass is 10.1. The van der Waals surface area contributed by atoms with Gasteiger partial charge in [0, 0.05) is 16.7 Å². The molecule has 2 heterocycles. The van der Waals surface area contributed by atoms with Gasteiger partial charge in [0.25, 0.3) is 0 Å². The Bertz CT molecular complexity index is 925. The van der Waals surface area contributed by atoms with Gasteiger partial charge in [0.2, 0.25) is 6.29 Å². The van der Waals surface area contributed by atoms with Crippen molar-refractivity contribution in [1.82, 2.24) is 0 Å². The molecule has 0 spiro atoms. The van der Waals surface area contributed by atoms with Gasteiger partial charge in [-0.2, -0.15) is 11.3 Å². The number of hydrogen-bond donors (Lipinski definition) is 0. The smallest absolute Gasteiger partial charge is 0.310 e. The average molecular weight is 384 g/mol. The summed E-state index contributed by atoms with van der Waals surface area (Å²) in [7, 11) is 0. The molecule has 3 aromatic rings. The molecular weight excluding hydrogens is 367 g/mol. The minimum absolute atomic E-state index is 0.0510.